The first kappa shape index (κ1) is 14.2. The Morgan fingerprint density at radius 3 is 3.05 bits per heavy atom. The molecule has 0 aliphatic carbocycles. The van der Waals surface area contributed by atoms with Crippen LogP contribution in [0.25, 0.3) is 11.1 Å². The Labute approximate surface area is 131 Å². The van der Waals surface area contributed by atoms with Crippen molar-refractivity contribution < 1.29 is 9.52 Å². The van der Waals surface area contributed by atoms with Gasteiger partial charge < -0.3 is 9.52 Å². The molecule has 3 aromatic rings. The van der Waals surface area contributed by atoms with Crippen LogP contribution in [0.2, 0.25) is 0 Å². The van der Waals surface area contributed by atoms with E-state index in [9.17, 15) is 0 Å². The van der Waals surface area contributed by atoms with Gasteiger partial charge in [-0.2, -0.15) is 0 Å². The van der Waals surface area contributed by atoms with Crippen molar-refractivity contribution in [2.75, 3.05) is 6.61 Å². The molecule has 0 radical (unpaired) electrons. The molecular weight excluding hydrogens is 302 g/mol. The maximum Gasteiger partial charge on any atom is 0.257 e. The molecule has 2 aromatic heterocycles. The maximum atomic E-state index is 8.76. The summed E-state index contributed by atoms with van der Waals surface area (Å²) in [5.41, 5.74) is 2.72. The highest BCUT2D eigenvalue weighted by Crippen LogP contribution is 2.29. The van der Waals surface area contributed by atoms with Gasteiger partial charge in [0, 0.05) is 22.6 Å². The molecule has 1 aromatic carbocycles. The Hall–Kier alpha value is -1.74. The first-order chi connectivity index (χ1) is 10.4. The lowest BCUT2D eigenvalue weighted by atomic mass is 10.2. The van der Waals surface area contributed by atoms with Crippen LogP contribution in [0.3, 0.4) is 0 Å². The van der Waals surface area contributed by atoms with E-state index in [0.29, 0.717) is 11.6 Å². The fourth-order valence-electron chi connectivity index (χ4n) is 1.82. The molecule has 0 fully saturated rings. The summed E-state index contributed by atoms with van der Waals surface area (Å²) < 4.78 is 5.69. The minimum absolute atomic E-state index is 0.101. The SMILES string of the molecule is OCCC#Cc1ccsc1CSc1nc2ccccc2o1. The van der Waals surface area contributed by atoms with Crippen LogP contribution in [0.4, 0.5) is 0 Å². The standard InChI is InChI=1S/C16H13NO2S2/c18-9-4-3-5-12-8-10-20-15(12)11-21-16-17-13-6-1-2-7-14(13)19-16/h1-2,6-8,10,18H,4,9,11H2. The van der Waals surface area contributed by atoms with Gasteiger partial charge in [0.05, 0.1) is 6.61 Å². The van der Waals surface area contributed by atoms with Crippen molar-refractivity contribution in [3.63, 3.8) is 0 Å². The average Bonchev–Trinajstić information content (AvgIpc) is 3.11. The zero-order chi connectivity index (χ0) is 14.5. The second-order valence-corrected chi connectivity index (χ2v) is 6.20. The number of thiophene rings is 1. The molecule has 21 heavy (non-hydrogen) atoms. The average molecular weight is 315 g/mol. The van der Waals surface area contributed by atoms with Crippen molar-refractivity contribution in [1.82, 2.24) is 4.98 Å². The zero-order valence-corrected chi connectivity index (χ0v) is 12.8. The number of para-hydroxylation sites is 2. The highest BCUT2D eigenvalue weighted by molar-refractivity contribution is 7.98. The first-order valence-electron chi connectivity index (χ1n) is 6.51. The number of benzene rings is 1. The summed E-state index contributed by atoms with van der Waals surface area (Å²) in [7, 11) is 0. The Morgan fingerprint density at radius 1 is 1.29 bits per heavy atom. The van der Waals surface area contributed by atoms with E-state index in [0.717, 1.165) is 22.4 Å². The van der Waals surface area contributed by atoms with E-state index in [-0.39, 0.29) is 6.61 Å². The topological polar surface area (TPSA) is 46.3 Å². The van der Waals surface area contributed by atoms with Crippen molar-refractivity contribution >= 4 is 34.2 Å². The minimum atomic E-state index is 0.101. The molecule has 0 aliphatic rings. The number of rotatable bonds is 4. The van der Waals surface area contributed by atoms with Crippen molar-refractivity contribution in [3.05, 3.63) is 46.2 Å². The van der Waals surface area contributed by atoms with Crippen molar-refractivity contribution in [1.29, 1.82) is 0 Å². The van der Waals surface area contributed by atoms with Gasteiger partial charge in [0.25, 0.3) is 5.22 Å². The number of aliphatic hydroxyl groups excluding tert-OH is 1. The minimum Gasteiger partial charge on any atom is -0.431 e. The van der Waals surface area contributed by atoms with Gasteiger partial charge >= 0.3 is 0 Å². The van der Waals surface area contributed by atoms with E-state index in [1.54, 1.807) is 23.1 Å². The van der Waals surface area contributed by atoms with Crippen molar-refractivity contribution in [2.45, 2.75) is 17.4 Å². The van der Waals surface area contributed by atoms with Crippen LogP contribution in [0.15, 0.2) is 45.4 Å². The molecule has 0 unspecified atom stereocenters. The van der Waals surface area contributed by atoms with E-state index >= 15 is 0 Å². The molecule has 0 aliphatic heterocycles. The monoisotopic (exact) mass is 315 g/mol. The molecule has 1 N–H and O–H groups in total. The molecule has 0 spiro atoms. The van der Waals surface area contributed by atoms with Gasteiger partial charge in [-0.1, -0.05) is 35.7 Å². The number of aromatic nitrogens is 1. The number of hydrogen-bond acceptors (Lipinski definition) is 5. The van der Waals surface area contributed by atoms with Gasteiger partial charge in [-0.25, -0.2) is 4.98 Å². The van der Waals surface area contributed by atoms with Crippen LogP contribution in [-0.4, -0.2) is 16.7 Å². The number of hydrogen-bond donors (Lipinski definition) is 1. The van der Waals surface area contributed by atoms with Gasteiger partial charge in [-0.3, -0.25) is 0 Å². The Morgan fingerprint density at radius 2 is 2.19 bits per heavy atom. The number of aliphatic hydroxyl groups is 1. The third-order valence-electron chi connectivity index (χ3n) is 2.81. The summed E-state index contributed by atoms with van der Waals surface area (Å²) in [6.07, 6.45) is 0.507. The maximum absolute atomic E-state index is 8.76. The van der Waals surface area contributed by atoms with Crippen LogP contribution in [0, 0.1) is 11.8 Å². The highest BCUT2D eigenvalue weighted by atomic mass is 32.2. The number of fused-ring (bicyclic) bond motifs is 1. The third-order valence-corrected chi connectivity index (χ3v) is 4.76. The highest BCUT2D eigenvalue weighted by Gasteiger charge is 2.08. The summed E-state index contributed by atoms with van der Waals surface area (Å²) in [6, 6.07) is 9.77. The van der Waals surface area contributed by atoms with E-state index in [1.165, 1.54) is 4.88 Å². The molecule has 5 heteroatoms. The van der Waals surface area contributed by atoms with Crippen molar-refractivity contribution in [3.8, 4) is 11.8 Å². The lowest BCUT2D eigenvalue weighted by Gasteiger charge is -1.95. The summed E-state index contributed by atoms with van der Waals surface area (Å²) in [4.78, 5) is 5.65. The summed E-state index contributed by atoms with van der Waals surface area (Å²) in [5.74, 6) is 6.83. The van der Waals surface area contributed by atoms with E-state index in [2.05, 4.69) is 16.8 Å². The van der Waals surface area contributed by atoms with Crippen LogP contribution >= 0.6 is 23.1 Å². The molecule has 106 valence electrons. The normalized spacial score (nSPS) is 10.5. The predicted molar refractivity (Wildman–Crippen MR) is 86.5 cm³/mol. The summed E-state index contributed by atoms with van der Waals surface area (Å²) >= 11 is 3.25. The molecule has 3 nitrogen and oxygen atoms in total. The molecule has 0 saturated carbocycles. The Kier molecular flexibility index (Phi) is 4.61. The van der Waals surface area contributed by atoms with Gasteiger partial charge in [0.15, 0.2) is 5.58 Å². The van der Waals surface area contributed by atoms with Gasteiger partial charge in [0.1, 0.15) is 5.52 Å². The lowest BCUT2D eigenvalue weighted by molar-refractivity contribution is 0.305. The lowest BCUT2D eigenvalue weighted by Crippen LogP contribution is -1.81. The second-order valence-electron chi connectivity index (χ2n) is 4.27. The van der Waals surface area contributed by atoms with Gasteiger partial charge in [0.2, 0.25) is 0 Å². The predicted octanol–water partition coefficient (Wildman–Crippen LogP) is 3.92. The van der Waals surface area contributed by atoms with Crippen LogP contribution in [0.1, 0.15) is 16.9 Å². The molecule has 0 saturated heterocycles. The molecule has 3 rings (SSSR count). The summed E-state index contributed by atoms with van der Waals surface area (Å²) in [6.45, 7) is 0.101. The second kappa shape index (κ2) is 6.81. The Balaban J connectivity index is 1.70. The molecule has 2 heterocycles. The van der Waals surface area contributed by atoms with Crippen LogP contribution in [-0.2, 0) is 5.75 Å². The number of thioether (sulfide) groups is 1. The van der Waals surface area contributed by atoms with E-state index in [4.69, 9.17) is 9.52 Å². The molecule has 0 amide bonds. The molecule has 0 atom stereocenters. The largest absolute Gasteiger partial charge is 0.431 e. The van der Waals surface area contributed by atoms with Crippen molar-refractivity contribution in [2.24, 2.45) is 0 Å². The zero-order valence-electron chi connectivity index (χ0n) is 11.2. The van der Waals surface area contributed by atoms with E-state index in [1.807, 2.05) is 35.7 Å². The third kappa shape index (κ3) is 3.48. The molecule has 0 bridgehead atoms. The Bertz CT molecular complexity index is 762. The van der Waals surface area contributed by atoms with Crippen LogP contribution in [0.5, 0.6) is 0 Å². The van der Waals surface area contributed by atoms with Crippen LogP contribution < -0.4 is 0 Å². The molecular formula is C16H13NO2S2. The summed E-state index contributed by atoms with van der Waals surface area (Å²) in [5, 5.41) is 11.5. The van der Waals surface area contributed by atoms with Gasteiger partial charge in [-0.05, 0) is 23.6 Å². The first-order valence-corrected chi connectivity index (χ1v) is 8.38. The smallest absolute Gasteiger partial charge is 0.257 e. The van der Waals surface area contributed by atoms with Gasteiger partial charge in [-0.15, -0.1) is 11.3 Å². The fourth-order valence-corrected chi connectivity index (χ4v) is 3.60. The number of nitrogens with zero attached hydrogens (tertiary/aromatic N) is 1. The number of oxazole rings is 1. The fraction of sp³-hybridized carbons (Fsp3) is 0.188. The van der Waals surface area contributed by atoms with E-state index < -0.39 is 0 Å². The quantitative estimate of drug-likeness (QED) is 0.585.